The summed E-state index contributed by atoms with van der Waals surface area (Å²) in [6.07, 6.45) is 5.03. The summed E-state index contributed by atoms with van der Waals surface area (Å²) in [5.41, 5.74) is -1.04. The Balaban J connectivity index is 1.76. The van der Waals surface area contributed by atoms with E-state index in [2.05, 4.69) is 40.3 Å². The van der Waals surface area contributed by atoms with Gasteiger partial charge in [-0.1, -0.05) is 45.9 Å². The second-order valence-corrected chi connectivity index (χ2v) is 12.4. The van der Waals surface area contributed by atoms with Gasteiger partial charge in [-0.05, 0) is 31.0 Å². The first-order valence-electron chi connectivity index (χ1n) is 13.4. The number of carbonyl (C=O) groups is 2. The molecular weight excluding hydrogens is 470 g/mol. The number of ether oxygens (including phenoxy) is 2. The molecule has 1 aliphatic carbocycles. The Labute approximate surface area is 220 Å². The van der Waals surface area contributed by atoms with Crippen LogP contribution in [-0.2, 0) is 19.7 Å². The molecule has 37 heavy (non-hydrogen) atoms. The fourth-order valence-corrected chi connectivity index (χ4v) is 8.13. The number of anilines is 1. The summed E-state index contributed by atoms with van der Waals surface area (Å²) in [5.74, 6) is 0.160. The van der Waals surface area contributed by atoms with Crippen molar-refractivity contribution in [3.8, 4) is 5.75 Å². The Kier molecular flexibility index (Phi) is 5.96. The molecule has 1 saturated carbocycles. The Hall–Kier alpha value is -2.58. The van der Waals surface area contributed by atoms with E-state index in [1.165, 1.54) is 12.5 Å². The Morgan fingerprint density at radius 2 is 1.97 bits per heavy atom. The highest BCUT2D eigenvalue weighted by atomic mass is 16.6. The van der Waals surface area contributed by atoms with Crippen molar-refractivity contribution in [1.29, 1.82) is 0 Å². The molecule has 0 unspecified atom stereocenters. The first-order valence-corrected chi connectivity index (χ1v) is 13.4. The molecule has 1 saturated heterocycles. The number of methoxy groups -OCH3 is 1. The maximum Gasteiger partial charge on any atom is 0.303 e. The Bertz CT molecular complexity index is 1140. The normalized spacial score (nSPS) is 36.0. The second kappa shape index (κ2) is 8.46. The number of hydrogen-bond acceptors (Lipinski definition) is 7. The molecule has 3 heterocycles. The van der Waals surface area contributed by atoms with Gasteiger partial charge in [-0.25, -0.2) is 0 Å². The van der Waals surface area contributed by atoms with Crippen molar-refractivity contribution in [2.75, 3.05) is 38.7 Å². The van der Waals surface area contributed by atoms with Gasteiger partial charge in [-0.2, -0.15) is 0 Å². The average molecular weight is 512 g/mol. The molecule has 4 aliphatic rings. The Morgan fingerprint density at radius 1 is 1.24 bits per heavy atom. The minimum Gasteiger partial charge on any atom is -0.497 e. The van der Waals surface area contributed by atoms with Gasteiger partial charge in [0.2, 0.25) is 5.91 Å². The smallest absolute Gasteiger partial charge is 0.303 e. The van der Waals surface area contributed by atoms with Crippen LogP contribution in [0.4, 0.5) is 5.69 Å². The van der Waals surface area contributed by atoms with Crippen molar-refractivity contribution >= 4 is 17.6 Å². The van der Waals surface area contributed by atoms with Gasteiger partial charge in [0.15, 0.2) is 0 Å². The van der Waals surface area contributed by atoms with Gasteiger partial charge in [-0.3, -0.25) is 14.5 Å². The zero-order chi connectivity index (χ0) is 27.0. The molecule has 1 aromatic rings. The summed E-state index contributed by atoms with van der Waals surface area (Å²) in [6, 6.07) is 5.78. The molecule has 2 N–H and O–H groups in total. The van der Waals surface area contributed by atoms with Crippen LogP contribution in [0.25, 0.3) is 0 Å². The first kappa shape index (κ1) is 26.0. The van der Waals surface area contributed by atoms with Crippen molar-refractivity contribution in [3.63, 3.8) is 0 Å². The number of fused-ring (bicyclic) bond motifs is 1. The fraction of sp³-hybridized carbons (Fsp3) is 0.655. The number of esters is 1. The molecule has 0 aromatic heterocycles. The first-order chi connectivity index (χ1) is 17.4. The summed E-state index contributed by atoms with van der Waals surface area (Å²) in [4.78, 5) is 30.3. The van der Waals surface area contributed by atoms with Gasteiger partial charge in [0.05, 0.1) is 19.7 Å². The van der Waals surface area contributed by atoms with E-state index < -0.39 is 40.0 Å². The number of likely N-dealkylation sites (N-methyl/N-ethyl adjacent to an activating group) is 1. The number of benzene rings is 1. The molecule has 1 aromatic carbocycles. The van der Waals surface area contributed by atoms with E-state index in [0.717, 1.165) is 30.9 Å². The molecule has 0 bridgehead atoms. The van der Waals surface area contributed by atoms with Gasteiger partial charge < -0.3 is 24.8 Å². The number of carbonyl (C=O) groups excluding carboxylic acids is 2. The molecule has 8 heteroatoms. The predicted molar refractivity (Wildman–Crippen MR) is 142 cm³/mol. The lowest BCUT2D eigenvalue weighted by molar-refractivity contribution is -0.217. The number of rotatable bonds is 5. The summed E-state index contributed by atoms with van der Waals surface area (Å²) in [6.45, 7) is 10.7. The molecule has 2 fully saturated rings. The largest absolute Gasteiger partial charge is 0.497 e. The summed E-state index contributed by atoms with van der Waals surface area (Å²) < 4.78 is 11.7. The van der Waals surface area contributed by atoms with Crippen molar-refractivity contribution in [2.45, 2.75) is 76.7 Å². The molecule has 202 valence electrons. The predicted octanol–water partition coefficient (Wildman–Crippen LogP) is 2.63. The number of aliphatic hydroxyl groups is 1. The van der Waals surface area contributed by atoms with Crippen LogP contribution >= 0.6 is 0 Å². The topological polar surface area (TPSA) is 91.3 Å². The lowest BCUT2D eigenvalue weighted by atomic mass is 9.47. The van der Waals surface area contributed by atoms with Gasteiger partial charge in [0, 0.05) is 54.6 Å². The standard InChI is InChI=1S/C29H41N3O5/c1-8-27-12-9-14-32-15-13-28(22(27)32)20-11-10-19(36-7)16-21(20)31(6)23(28)29(35,24(27)37-18(2)33)17-30-25(34)26(3,4)5/h9-12,16,22-24,35H,8,13-15,17H2,1-7H3,(H,30,34)/t22-,23+,24+,27+,28+,29-/m0/s1. The van der Waals surface area contributed by atoms with Crippen LogP contribution < -0.4 is 15.0 Å². The SMILES string of the molecule is CC[C@]12C=CCN3CC[C@@]4(c5ccc(OC)cc5N(C)[C@H]4[C@@](O)(CNC(=O)C(C)(C)C)[C@@H]1OC(C)=O)[C@@H]32. The van der Waals surface area contributed by atoms with Crippen LogP contribution in [0.3, 0.4) is 0 Å². The lowest BCUT2D eigenvalue weighted by Gasteiger charge is -2.64. The third kappa shape index (κ3) is 3.41. The van der Waals surface area contributed by atoms with Crippen molar-refractivity contribution in [3.05, 3.63) is 35.9 Å². The highest BCUT2D eigenvalue weighted by molar-refractivity contribution is 5.81. The number of nitrogens with one attached hydrogen (secondary N) is 1. The monoisotopic (exact) mass is 511 g/mol. The minimum atomic E-state index is -1.56. The van der Waals surface area contributed by atoms with Crippen molar-refractivity contribution in [2.24, 2.45) is 10.8 Å². The third-order valence-electron chi connectivity index (χ3n) is 9.43. The molecule has 0 radical (unpaired) electrons. The highest BCUT2D eigenvalue weighted by Crippen LogP contribution is 2.67. The van der Waals surface area contributed by atoms with Crippen LogP contribution in [0.5, 0.6) is 5.75 Å². The zero-order valence-corrected chi connectivity index (χ0v) is 23.1. The summed E-state index contributed by atoms with van der Waals surface area (Å²) >= 11 is 0. The van der Waals surface area contributed by atoms with Crippen LogP contribution in [0, 0.1) is 10.8 Å². The zero-order valence-electron chi connectivity index (χ0n) is 23.1. The van der Waals surface area contributed by atoms with Crippen molar-refractivity contribution < 1.29 is 24.2 Å². The molecule has 6 atom stereocenters. The summed E-state index contributed by atoms with van der Waals surface area (Å²) in [5, 5.41) is 16.0. The second-order valence-electron chi connectivity index (χ2n) is 12.4. The fourth-order valence-electron chi connectivity index (χ4n) is 8.13. The molecule has 5 rings (SSSR count). The van der Waals surface area contributed by atoms with E-state index in [4.69, 9.17) is 9.47 Å². The van der Waals surface area contributed by atoms with E-state index in [1.54, 1.807) is 7.11 Å². The molecular formula is C29H41N3O5. The molecule has 1 amide bonds. The maximum absolute atomic E-state index is 13.1. The number of nitrogens with zero attached hydrogens (tertiary/aromatic N) is 2. The van der Waals surface area contributed by atoms with Gasteiger partial charge in [0.25, 0.3) is 0 Å². The maximum atomic E-state index is 13.1. The minimum absolute atomic E-state index is 0.0226. The molecule has 8 nitrogen and oxygen atoms in total. The lowest BCUT2D eigenvalue weighted by Crippen LogP contribution is -2.81. The van der Waals surface area contributed by atoms with Gasteiger partial charge in [0.1, 0.15) is 17.5 Å². The van der Waals surface area contributed by atoms with E-state index in [1.807, 2.05) is 40.0 Å². The number of hydrogen-bond donors (Lipinski definition) is 2. The summed E-state index contributed by atoms with van der Waals surface area (Å²) in [7, 11) is 3.65. The number of amides is 1. The highest BCUT2D eigenvalue weighted by Gasteiger charge is 2.77. The van der Waals surface area contributed by atoms with E-state index >= 15 is 0 Å². The van der Waals surface area contributed by atoms with E-state index in [-0.39, 0.29) is 18.5 Å². The van der Waals surface area contributed by atoms with Crippen molar-refractivity contribution in [1.82, 2.24) is 10.2 Å². The van der Waals surface area contributed by atoms with Gasteiger partial charge >= 0.3 is 5.97 Å². The average Bonchev–Trinajstić information content (AvgIpc) is 3.36. The quantitative estimate of drug-likeness (QED) is 0.464. The van der Waals surface area contributed by atoms with Crippen LogP contribution in [0.15, 0.2) is 30.4 Å². The van der Waals surface area contributed by atoms with Crippen LogP contribution in [0.1, 0.15) is 53.0 Å². The third-order valence-corrected chi connectivity index (χ3v) is 9.43. The molecule has 3 aliphatic heterocycles. The van der Waals surface area contributed by atoms with Crippen LogP contribution in [0.2, 0.25) is 0 Å². The van der Waals surface area contributed by atoms with E-state index in [9.17, 15) is 14.7 Å². The molecule has 1 spiro atoms. The van der Waals surface area contributed by atoms with Gasteiger partial charge in [-0.15, -0.1) is 0 Å². The van der Waals surface area contributed by atoms with Crippen LogP contribution in [-0.4, -0.2) is 79.5 Å². The van der Waals surface area contributed by atoms with E-state index in [0.29, 0.717) is 6.42 Å². The Morgan fingerprint density at radius 3 is 2.59 bits per heavy atom.